The van der Waals surface area contributed by atoms with E-state index in [1.54, 1.807) is 21.8 Å². The highest BCUT2D eigenvalue weighted by atomic mass is 16.4. The number of carbonyl (C=O) groups excluding carboxylic acids is 2. The number of hydrogen-bond acceptors (Lipinski definition) is 6. The second-order valence-electron chi connectivity index (χ2n) is 7.87. The van der Waals surface area contributed by atoms with Crippen LogP contribution in [0.1, 0.15) is 19.2 Å². The van der Waals surface area contributed by atoms with Gasteiger partial charge in [0.15, 0.2) is 17.5 Å². The molecule has 0 unspecified atom stereocenters. The number of likely N-dealkylation sites (N-methyl/N-ethyl adjacent to an activating group) is 1. The van der Waals surface area contributed by atoms with Crippen molar-refractivity contribution in [1.29, 1.82) is 0 Å². The average Bonchev–Trinajstić information content (AvgIpc) is 3.48. The lowest BCUT2D eigenvalue weighted by atomic mass is 10.1. The third-order valence-electron chi connectivity index (χ3n) is 5.68. The van der Waals surface area contributed by atoms with Crippen LogP contribution in [0.25, 0.3) is 11.3 Å². The smallest absolute Gasteiger partial charge is 0.244 e. The molecule has 9 nitrogen and oxygen atoms in total. The number of piperazine rings is 1. The topological polar surface area (TPSA) is 96.5 Å². The molecular formula is C23H28N6O3. The lowest BCUT2D eigenvalue weighted by molar-refractivity contribution is -0.136. The molecule has 1 fully saturated rings. The molecule has 1 aliphatic heterocycles. The monoisotopic (exact) mass is 436 g/mol. The zero-order chi connectivity index (χ0) is 22.5. The van der Waals surface area contributed by atoms with Crippen molar-refractivity contribution in [2.75, 3.05) is 32.0 Å². The first kappa shape index (κ1) is 21.8. The number of aromatic nitrogens is 3. The summed E-state index contributed by atoms with van der Waals surface area (Å²) < 4.78 is 7.55. The lowest BCUT2D eigenvalue weighted by Crippen LogP contribution is -2.57. The summed E-state index contributed by atoms with van der Waals surface area (Å²) in [4.78, 5) is 33.6. The third-order valence-corrected chi connectivity index (χ3v) is 5.68. The van der Waals surface area contributed by atoms with E-state index in [-0.39, 0.29) is 18.2 Å². The van der Waals surface area contributed by atoms with Gasteiger partial charge in [0.05, 0.1) is 6.20 Å². The number of carbonyl (C=O) groups is 2. The van der Waals surface area contributed by atoms with Crippen LogP contribution in [-0.4, -0.2) is 69.1 Å². The first-order chi connectivity index (χ1) is 15.5. The van der Waals surface area contributed by atoms with Gasteiger partial charge in [0.25, 0.3) is 0 Å². The van der Waals surface area contributed by atoms with Gasteiger partial charge in [-0.3, -0.25) is 19.2 Å². The molecule has 2 amide bonds. The van der Waals surface area contributed by atoms with E-state index in [2.05, 4.69) is 15.4 Å². The number of nitrogens with zero attached hydrogens (tertiary/aromatic N) is 5. The molecule has 168 valence electrons. The van der Waals surface area contributed by atoms with Gasteiger partial charge in [0.2, 0.25) is 11.8 Å². The summed E-state index contributed by atoms with van der Waals surface area (Å²) >= 11 is 0. The molecule has 1 aliphatic rings. The summed E-state index contributed by atoms with van der Waals surface area (Å²) in [7, 11) is 1.90. The van der Waals surface area contributed by atoms with Gasteiger partial charge >= 0.3 is 0 Å². The first-order valence-electron chi connectivity index (χ1n) is 10.9. The molecule has 3 aromatic rings. The van der Waals surface area contributed by atoms with Crippen LogP contribution in [0.3, 0.4) is 0 Å². The average molecular weight is 437 g/mol. The van der Waals surface area contributed by atoms with Gasteiger partial charge < -0.3 is 14.6 Å². The standard InChI is InChI=1S/C23H28N6O3/c1-3-29-12-11-20(26-29)25-23(31)18-16-28(14-13-27(18)2)22(30)10-9-21-24-15-19(32-21)17-7-5-4-6-8-17/h4-8,11-12,15,18H,3,9-10,13-14,16H2,1-2H3,(H,25,26,31)/t18-/m1/s1. The number of nitrogens with one attached hydrogen (secondary N) is 1. The van der Waals surface area contributed by atoms with E-state index in [1.807, 2.05) is 55.4 Å². The number of hydrogen-bond donors (Lipinski definition) is 1. The minimum atomic E-state index is -0.425. The molecule has 0 spiro atoms. The molecule has 0 bridgehead atoms. The van der Waals surface area contributed by atoms with E-state index in [4.69, 9.17) is 4.42 Å². The molecule has 2 aromatic heterocycles. The van der Waals surface area contributed by atoms with Crippen LogP contribution in [-0.2, 0) is 22.6 Å². The predicted octanol–water partition coefficient (Wildman–Crippen LogP) is 2.27. The SMILES string of the molecule is CCn1ccc(NC(=O)[C@H]2CN(C(=O)CCc3ncc(-c4ccccc4)o3)CCN2C)n1. The maximum absolute atomic E-state index is 12.8. The van der Waals surface area contributed by atoms with Gasteiger partial charge in [-0.05, 0) is 14.0 Å². The first-order valence-corrected chi connectivity index (χ1v) is 10.9. The summed E-state index contributed by atoms with van der Waals surface area (Å²) in [5, 5.41) is 7.15. The van der Waals surface area contributed by atoms with E-state index in [0.29, 0.717) is 43.5 Å². The van der Waals surface area contributed by atoms with Crippen LogP contribution in [0.15, 0.2) is 53.2 Å². The van der Waals surface area contributed by atoms with E-state index in [9.17, 15) is 9.59 Å². The molecule has 0 radical (unpaired) electrons. The fourth-order valence-corrected chi connectivity index (χ4v) is 3.73. The Labute approximate surface area is 187 Å². The summed E-state index contributed by atoms with van der Waals surface area (Å²) in [5.41, 5.74) is 0.953. The molecular weight excluding hydrogens is 408 g/mol. The van der Waals surface area contributed by atoms with Crippen molar-refractivity contribution in [3.8, 4) is 11.3 Å². The van der Waals surface area contributed by atoms with E-state index in [0.717, 1.165) is 12.1 Å². The van der Waals surface area contributed by atoms with Crippen LogP contribution in [0.5, 0.6) is 0 Å². The Kier molecular flexibility index (Phi) is 6.65. The Bertz CT molecular complexity index is 1060. The second-order valence-corrected chi connectivity index (χ2v) is 7.87. The minimum absolute atomic E-state index is 0.00868. The summed E-state index contributed by atoms with van der Waals surface area (Å²) in [5.74, 6) is 1.58. The molecule has 1 atom stereocenters. The van der Waals surface area contributed by atoms with Gasteiger partial charge in [-0.15, -0.1) is 0 Å². The highest BCUT2D eigenvalue weighted by Crippen LogP contribution is 2.20. The summed E-state index contributed by atoms with van der Waals surface area (Å²) in [6, 6.07) is 11.1. The second kappa shape index (κ2) is 9.78. The van der Waals surface area contributed by atoms with Crippen molar-refractivity contribution in [3.05, 3.63) is 54.7 Å². The van der Waals surface area contributed by atoms with Crippen LogP contribution in [0.4, 0.5) is 5.82 Å². The number of anilines is 1. The maximum atomic E-state index is 12.8. The van der Waals surface area contributed by atoms with Crippen LogP contribution in [0.2, 0.25) is 0 Å². The molecule has 4 rings (SSSR count). The Morgan fingerprint density at radius 2 is 2.00 bits per heavy atom. The fraction of sp³-hybridized carbons (Fsp3) is 0.391. The van der Waals surface area contributed by atoms with Gasteiger partial charge in [0, 0.05) is 56.8 Å². The van der Waals surface area contributed by atoms with Crippen molar-refractivity contribution < 1.29 is 14.0 Å². The highest BCUT2D eigenvalue weighted by Gasteiger charge is 2.32. The van der Waals surface area contributed by atoms with E-state index in [1.165, 1.54) is 0 Å². The number of aryl methyl sites for hydroxylation is 2. The predicted molar refractivity (Wildman–Crippen MR) is 120 cm³/mol. The van der Waals surface area contributed by atoms with Crippen molar-refractivity contribution >= 4 is 17.6 Å². The number of benzene rings is 1. The molecule has 3 heterocycles. The van der Waals surface area contributed by atoms with Crippen LogP contribution >= 0.6 is 0 Å². The Hall–Kier alpha value is -3.46. The van der Waals surface area contributed by atoms with Crippen molar-refractivity contribution in [3.63, 3.8) is 0 Å². The summed E-state index contributed by atoms with van der Waals surface area (Å²) in [6.45, 7) is 4.28. The van der Waals surface area contributed by atoms with Gasteiger partial charge in [-0.1, -0.05) is 30.3 Å². The van der Waals surface area contributed by atoms with Crippen LogP contribution < -0.4 is 5.32 Å². The highest BCUT2D eigenvalue weighted by molar-refractivity contribution is 5.94. The van der Waals surface area contributed by atoms with E-state index >= 15 is 0 Å². The quantitative estimate of drug-likeness (QED) is 0.610. The third kappa shape index (κ3) is 5.05. The molecule has 1 saturated heterocycles. The molecule has 0 saturated carbocycles. The number of oxazole rings is 1. The Morgan fingerprint density at radius 3 is 2.75 bits per heavy atom. The molecule has 1 aromatic carbocycles. The fourth-order valence-electron chi connectivity index (χ4n) is 3.73. The zero-order valence-corrected chi connectivity index (χ0v) is 18.4. The van der Waals surface area contributed by atoms with E-state index < -0.39 is 6.04 Å². The van der Waals surface area contributed by atoms with Crippen LogP contribution in [0, 0.1) is 0 Å². The minimum Gasteiger partial charge on any atom is -0.441 e. The van der Waals surface area contributed by atoms with Gasteiger partial charge in [-0.25, -0.2) is 4.98 Å². The summed E-state index contributed by atoms with van der Waals surface area (Å²) in [6.07, 6.45) is 4.21. The van der Waals surface area contributed by atoms with Gasteiger partial charge in [0.1, 0.15) is 6.04 Å². The van der Waals surface area contributed by atoms with Crippen molar-refractivity contribution in [1.82, 2.24) is 24.6 Å². The Morgan fingerprint density at radius 1 is 1.19 bits per heavy atom. The van der Waals surface area contributed by atoms with Gasteiger partial charge in [-0.2, -0.15) is 5.10 Å². The molecule has 0 aliphatic carbocycles. The maximum Gasteiger partial charge on any atom is 0.244 e. The van der Waals surface area contributed by atoms with Crippen molar-refractivity contribution in [2.45, 2.75) is 32.4 Å². The normalized spacial score (nSPS) is 16.8. The Balaban J connectivity index is 1.32. The lowest BCUT2D eigenvalue weighted by Gasteiger charge is -2.38. The number of amides is 2. The van der Waals surface area contributed by atoms with Crippen molar-refractivity contribution in [2.24, 2.45) is 0 Å². The zero-order valence-electron chi connectivity index (χ0n) is 18.4. The largest absolute Gasteiger partial charge is 0.441 e. The molecule has 9 heteroatoms. The molecule has 1 N–H and O–H groups in total. The molecule has 32 heavy (non-hydrogen) atoms. The number of rotatable bonds is 7.